The van der Waals surface area contributed by atoms with Crippen molar-refractivity contribution in [1.29, 1.82) is 0 Å². The first-order chi connectivity index (χ1) is 8.96. The third-order valence-electron chi connectivity index (χ3n) is 4.22. The number of nitrogens with zero attached hydrogens (tertiary/aromatic N) is 1. The number of imidazole rings is 1. The largest absolute Gasteiger partial charge is 0.331 e. The van der Waals surface area contributed by atoms with Gasteiger partial charge in [-0.2, -0.15) is 0 Å². The molecule has 19 heavy (non-hydrogen) atoms. The molecule has 102 valence electrons. The Hall–Kier alpha value is -1.16. The van der Waals surface area contributed by atoms with Gasteiger partial charge in [0.25, 0.3) is 0 Å². The number of fused-ring (bicyclic) bond motifs is 1. The van der Waals surface area contributed by atoms with Crippen LogP contribution in [0.5, 0.6) is 0 Å². The summed E-state index contributed by atoms with van der Waals surface area (Å²) >= 11 is 5.44. The van der Waals surface area contributed by atoms with E-state index in [4.69, 9.17) is 12.2 Å². The number of halogens is 1. The molecule has 4 heteroatoms. The Morgan fingerprint density at radius 1 is 1.42 bits per heavy atom. The highest BCUT2D eigenvalue weighted by Crippen LogP contribution is 2.42. The van der Waals surface area contributed by atoms with Crippen LogP contribution in [0, 0.1) is 16.0 Å². The smallest absolute Gasteiger partial charge is 0.178 e. The van der Waals surface area contributed by atoms with Crippen LogP contribution in [0.4, 0.5) is 4.39 Å². The molecule has 2 nitrogen and oxygen atoms in total. The summed E-state index contributed by atoms with van der Waals surface area (Å²) < 4.78 is 16.3. The van der Waals surface area contributed by atoms with Gasteiger partial charge in [-0.15, -0.1) is 0 Å². The Balaban J connectivity index is 2.11. The zero-order valence-corrected chi connectivity index (χ0v) is 12.2. The highest BCUT2D eigenvalue weighted by Gasteiger charge is 2.30. The van der Waals surface area contributed by atoms with E-state index < -0.39 is 0 Å². The number of benzene rings is 1. The second kappa shape index (κ2) is 4.44. The van der Waals surface area contributed by atoms with Crippen LogP contribution < -0.4 is 0 Å². The highest BCUT2D eigenvalue weighted by molar-refractivity contribution is 7.71. The van der Waals surface area contributed by atoms with Gasteiger partial charge in [0.05, 0.1) is 11.0 Å². The van der Waals surface area contributed by atoms with Crippen LogP contribution in [0.15, 0.2) is 18.2 Å². The minimum atomic E-state index is -0.203. The molecule has 1 N–H and O–H groups in total. The van der Waals surface area contributed by atoms with Gasteiger partial charge in [-0.25, -0.2) is 4.39 Å². The van der Waals surface area contributed by atoms with Crippen LogP contribution >= 0.6 is 12.2 Å². The molecular weight excluding hydrogens is 259 g/mol. The Kier molecular flexibility index (Phi) is 3.01. The van der Waals surface area contributed by atoms with Crippen molar-refractivity contribution in [2.45, 2.75) is 45.6 Å². The molecule has 0 radical (unpaired) electrons. The van der Waals surface area contributed by atoms with Crippen LogP contribution in [0.25, 0.3) is 11.0 Å². The van der Waals surface area contributed by atoms with Crippen LogP contribution in [-0.4, -0.2) is 9.55 Å². The van der Waals surface area contributed by atoms with Gasteiger partial charge >= 0.3 is 0 Å². The van der Waals surface area contributed by atoms with Gasteiger partial charge in [0.1, 0.15) is 5.82 Å². The van der Waals surface area contributed by atoms with E-state index in [-0.39, 0.29) is 5.82 Å². The molecule has 1 aromatic heterocycles. The van der Waals surface area contributed by atoms with Gasteiger partial charge in [0.2, 0.25) is 0 Å². The maximum Gasteiger partial charge on any atom is 0.178 e. The number of rotatable bonds is 1. The van der Waals surface area contributed by atoms with Crippen LogP contribution in [-0.2, 0) is 0 Å². The van der Waals surface area contributed by atoms with Gasteiger partial charge in [-0.1, -0.05) is 20.3 Å². The van der Waals surface area contributed by atoms with Crippen molar-refractivity contribution >= 4 is 23.3 Å². The minimum absolute atomic E-state index is 0.203. The summed E-state index contributed by atoms with van der Waals surface area (Å²) in [7, 11) is 0. The average Bonchev–Trinajstić information content (AvgIpc) is 2.63. The molecule has 1 atom stereocenters. The predicted molar refractivity (Wildman–Crippen MR) is 78.4 cm³/mol. The van der Waals surface area contributed by atoms with Gasteiger partial charge in [-0.3, -0.25) is 0 Å². The first kappa shape index (κ1) is 12.9. The first-order valence-electron chi connectivity index (χ1n) is 6.86. The number of nitrogens with one attached hydrogen (secondary N) is 1. The topological polar surface area (TPSA) is 20.7 Å². The van der Waals surface area contributed by atoms with Gasteiger partial charge < -0.3 is 9.55 Å². The fourth-order valence-corrected chi connectivity index (χ4v) is 3.69. The fraction of sp³-hybridized carbons (Fsp3) is 0.533. The molecule has 0 bridgehead atoms. The van der Waals surface area contributed by atoms with E-state index in [0.717, 1.165) is 23.9 Å². The van der Waals surface area contributed by atoms with Crippen LogP contribution in [0.3, 0.4) is 0 Å². The minimum Gasteiger partial charge on any atom is -0.331 e. The molecule has 0 spiro atoms. The molecule has 0 saturated heterocycles. The molecule has 1 saturated carbocycles. The lowest BCUT2D eigenvalue weighted by molar-refractivity contribution is 0.185. The number of hydrogen-bond acceptors (Lipinski definition) is 1. The summed E-state index contributed by atoms with van der Waals surface area (Å²) in [5.41, 5.74) is 2.16. The second-order valence-corrected chi connectivity index (χ2v) is 6.76. The summed E-state index contributed by atoms with van der Waals surface area (Å²) in [6.07, 6.45) is 4.70. The molecule has 1 aliphatic carbocycles. The number of hydrogen-bond donors (Lipinski definition) is 1. The van der Waals surface area contributed by atoms with Crippen molar-refractivity contribution in [1.82, 2.24) is 9.55 Å². The molecular formula is C15H19FN2S. The van der Waals surface area contributed by atoms with Gasteiger partial charge in [0.15, 0.2) is 4.77 Å². The van der Waals surface area contributed by atoms with E-state index in [2.05, 4.69) is 23.4 Å². The number of aromatic nitrogens is 2. The molecule has 1 heterocycles. The quantitative estimate of drug-likeness (QED) is 0.730. The summed E-state index contributed by atoms with van der Waals surface area (Å²) in [4.78, 5) is 3.19. The normalized spacial score (nSPS) is 22.8. The van der Waals surface area contributed by atoms with E-state index >= 15 is 0 Å². The Bertz CT molecular complexity index is 668. The highest BCUT2D eigenvalue weighted by atomic mass is 32.1. The standard InChI is InChI=1S/C15H19FN2S/c1-15(2)7-3-4-11(9-15)18-13-8-10(16)5-6-12(13)17-14(18)19/h5-6,8,11H,3-4,7,9H2,1-2H3,(H,17,19). The first-order valence-corrected chi connectivity index (χ1v) is 7.27. The monoisotopic (exact) mass is 278 g/mol. The van der Waals surface area contributed by atoms with E-state index in [9.17, 15) is 4.39 Å². The molecule has 1 aromatic carbocycles. The molecule has 0 amide bonds. The average molecular weight is 278 g/mol. The lowest BCUT2D eigenvalue weighted by Gasteiger charge is -2.36. The van der Waals surface area contributed by atoms with Gasteiger partial charge in [-0.05, 0) is 55.1 Å². The summed E-state index contributed by atoms with van der Waals surface area (Å²) in [5.74, 6) is -0.203. The number of H-pyrrole nitrogens is 1. The van der Waals surface area contributed by atoms with Crippen molar-refractivity contribution in [2.24, 2.45) is 5.41 Å². The zero-order valence-electron chi connectivity index (χ0n) is 11.4. The molecule has 1 unspecified atom stereocenters. The molecule has 1 aliphatic rings. The maximum atomic E-state index is 13.5. The molecule has 1 fully saturated rings. The SMILES string of the molecule is CC1(C)CCCC(n2c(=S)[nH]c3ccc(F)cc32)C1. The zero-order chi connectivity index (χ0) is 13.6. The molecule has 0 aliphatic heterocycles. The maximum absolute atomic E-state index is 13.5. The lowest BCUT2D eigenvalue weighted by Crippen LogP contribution is -2.25. The summed E-state index contributed by atoms with van der Waals surface area (Å²) in [6.45, 7) is 4.61. The van der Waals surface area contributed by atoms with Crippen molar-refractivity contribution in [3.8, 4) is 0 Å². The van der Waals surface area contributed by atoms with Gasteiger partial charge in [0, 0.05) is 6.04 Å². The van der Waals surface area contributed by atoms with Crippen molar-refractivity contribution in [2.75, 3.05) is 0 Å². The van der Waals surface area contributed by atoms with E-state index in [1.165, 1.54) is 18.9 Å². The summed E-state index contributed by atoms with van der Waals surface area (Å²) in [5, 5.41) is 0. The Labute approximate surface area is 117 Å². The fourth-order valence-electron chi connectivity index (χ4n) is 3.34. The predicted octanol–water partition coefficient (Wildman–Crippen LogP) is 4.98. The third-order valence-corrected chi connectivity index (χ3v) is 4.52. The molecule has 2 aromatic rings. The third kappa shape index (κ3) is 2.34. The summed E-state index contributed by atoms with van der Waals surface area (Å²) in [6, 6.07) is 5.21. The molecule has 3 rings (SSSR count). The lowest BCUT2D eigenvalue weighted by atomic mass is 9.75. The van der Waals surface area contributed by atoms with E-state index in [1.54, 1.807) is 12.1 Å². The number of aromatic amines is 1. The van der Waals surface area contributed by atoms with Crippen molar-refractivity contribution in [3.63, 3.8) is 0 Å². The Morgan fingerprint density at radius 2 is 2.21 bits per heavy atom. The van der Waals surface area contributed by atoms with E-state index in [0.29, 0.717) is 16.2 Å². The van der Waals surface area contributed by atoms with Crippen molar-refractivity contribution < 1.29 is 4.39 Å². The van der Waals surface area contributed by atoms with E-state index in [1.807, 2.05) is 0 Å². The van der Waals surface area contributed by atoms with Crippen LogP contribution in [0.2, 0.25) is 0 Å². The van der Waals surface area contributed by atoms with Crippen LogP contribution in [0.1, 0.15) is 45.6 Å². The second-order valence-electron chi connectivity index (χ2n) is 6.38. The van der Waals surface area contributed by atoms with Crippen molar-refractivity contribution in [3.05, 3.63) is 28.8 Å². The Morgan fingerprint density at radius 3 is 2.95 bits per heavy atom.